The van der Waals surface area contributed by atoms with Crippen molar-refractivity contribution in [2.75, 3.05) is 17.7 Å². The number of ether oxygens (including phenoxy) is 1. The van der Waals surface area contributed by atoms with Crippen LogP contribution >= 0.6 is 11.6 Å². The quantitative estimate of drug-likeness (QED) is 0.431. The molecule has 0 saturated heterocycles. The van der Waals surface area contributed by atoms with Crippen molar-refractivity contribution in [3.05, 3.63) is 83.4 Å². The topological polar surface area (TPSA) is 103 Å². The number of benzene rings is 2. The molecule has 0 radical (unpaired) electrons. The summed E-state index contributed by atoms with van der Waals surface area (Å²) >= 11 is 6.45. The van der Waals surface area contributed by atoms with Gasteiger partial charge in [-0.15, -0.1) is 0 Å². The molecule has 0 saturated carbocycles. The largest absolute Gasteiger partial charge is 0.497 e. The second-order valence-electron chi connectivity index (χ2n) is 7.16. The number of hydrogen-bond donors (Lipinski definition) is 2. The number of carbonyl (C=O) groups excluding carboxylic acids is 2. The molecule has 9 nitrogen and oxygen atoms in total. The lowest BCUT2D eigenvalue weighted by atomic mass is 10.2. The lowest BCUT2D eigenvalue weighted by Gasteiger charge is -2.06. The van der Waals surface area contributed by atoms with Gasteiger partial charge in [-0.2, -0.15) is 10.2 Å². The Kier molecular flexibility index (Phi) is 6.41. The summed E-state index contributed by atoms with van der Waals surface area (Å²) in [6.07, 6.45) is 3.03. The maximum Gasteiger partial charge on any atom is 0.260 e. The molecule has 2 aromatic heterocycles. The Morgan fingerprint density at radius 1 is 1.03 bits per heavy atom. The number of hydrogen-bond acceptors (Lipinski definition) is 5. The van der Waals surface area contributed by atoms with Gasteiger partial charge in [0.1, 0.15) is 23.0 Å². The fourth-order valence-electron chi connectivity index (χ4n) is 3.23. The van der Waals surface area contributed by atoms with Crippen molar-refractivity contribution in [2.24, 2.45) is 0 Å². The zero-order valence-electron chi connectivity index (χ0n) is 17.9. The SMILES string of the molecule is COc1ccc(NC(=O)Cn2cc(NC(=O)c3c(C)nn(-c4ccccc4)c3Cl)cn2)cc1. The second kappa shape index (κ2) is 9.58. The van der Waals surface area contributed by atoms with Crippen LogP contribution in [-0.4, -0.2) is 38.5 Å². The predicted molar refractivity (Wildman–Crippen MR) is 125 cm³/mol. The number of methoxy groups -OCH3 is 1. The Bertz CT molecular complexity index is 1280. The van der Waals surface area contributed by atoms with Gasteiger partial charge in [0.2, 0.25) is 5.91 Å². The van der Waals surface area contributed by atoms with Crippen LogP contribution in [0, 0.1) is 6.92 Å². The van der Waals surface area contributed by atoms with E-state index in [0.29, 0.717) is 22.8 Å². The molecule has 0 bridgehead atoms. The summed E-state index contributed by atoms with van der Waals surface area (Å²) in [5, 5.41) is 14.3. The molecule has 2 amide bonds. The minimum atomic E-state index is -0.415. The van der Waals surface area contributed by atoms with Crippen molar-refractivity contribution < 1.29 is 14.3 Å². The Hall–Kier alpha value is -4.11. The zero-order chi connectivity index (χ0) is 23.4. The van der Waals surface area contributed by atoms with E-state index in [1.54, 1.807) is 44.5 Å². The van der Waals surface area contributed by atoms with E-state index in [9.17, 15) is 9.59 Å². The van der Waals surface area contributed by atoms with Crippen LogP contribution in [0.2, 0.25) is 5.15 Å². The van der Waals surface area contributed by atoms with Gasteiger partial charge in [-0.3, -0.25) is 14.3 Å². The summed E-state index contributed by atoms with van der Waals surface area (Å²) < 4.78 is 8.04. The van der Waals surface area contributed by atoms with Crippen molar-refractivity contribution in [2.45, 2.75) is 13.5 Å². The van der Waals surface area contributed by atoms with Gasteiger partial charge in [-0.25, -0.2) is 4.68 Å². The van der Waals surface area contributed by atoms with Crippen LogP contribution < -0.4 is 15.4 Å². The van der Waals surface area contributed by atoms with Crippen LogP contribution in [0.3, 0.4) is 0 Å². The fourth-order valence-corrected chi connectivity index (χ4v) is 3.59. The van der Waals surface area contributed by atoms with E-state index in [4.69, 9.17) is 16.3 Å². The normalized spacial score (nSPS) is 10.6. The maximum atomic E-state index is 12.8. The average Bonchev–Trinajstić information content (AvgIpc) is 3.37. The van der Waals surface area contributed by atoms with Gasteiger partial charge in [-0.1, -0.05) is 29.8 Å². The first-order chi connectivity index (χ1) is 15.9. The van der Waals surface area contributed by atoms with Gasteiger partial charge in [-0.05, 0) is 43.3 Å². The second-order valence-corrected chi connectivity index (χ2v) is 7.51. The third-order valence-electron chi connectivity index (χ3n) is 4.80. The Balaban J connectivity index is 1.41. The standard InChI is InChI=1S/C23H21ClN6O3/c1-15-21(22(24)30(28-15)18-6-4-3-5-7-18)23(32)27-17-12-25-29(13-17)14-20(31)26-16-8-10-19(33-2)11-9-16/h3-13H,14H2,1-2H3,(H,26,31)(H,27,32). The minimum absolute atomic E-state index is 0.0202. The molecule has 2 N–H and O–H groups in total. The van der Waals surface area contributed by atoms with Crippen LogP contribution in [0.5, 0.6) is 5.75 Å². The van der Waals surface area contributed by atoms with Crippen molar-refractivity contribution in [3.8, 4) is 11.4 Å². The molecule has 0 fully saturated rings. The number of nitrogens with one attached hydrogen (secondary N) is 2. The van der Waals surface area contributed by atoms with E-state index >= 15 is 0 Å². The highest BCUT2D eigenvalue weighted by atomic mass is 35.5. The molecule has 4 aromatic rings. The molecule has 10 heteroatoms. The van der Waals surface area contributed by atoms with Gasteiger partial charge in [0.25, 0.3) is 5.91 Å². The van der Waals surface area contributed by atoms with Gasteiger partial charge < -0.3 is 15.4 Å². The highest BCUT2D eigenvalue weighted by Crippen LogP contribution is 2.24. The molecule has 0 spiro atoms. The fraction of sp³-hybridized carbons (Fsp3) is 0.130. The van der Waals surface area contributed by atoms with E-state index in [1.165, 1.54) is 15.6 Å². The van der Waals surface area contributed by atoms with Gasteiger partial charge in [0.05, 0.1) is 30.4 Å². The molecular formula is C23H21ClN6O3. The van der Waals surface area contributed by atoms with Crippen molar-refractivity contribution in [1.29, 1.82) is 0 Å². The number of para-hydroxylation sites is 1. The summed E-state index contributed by atoms with van der Waals surface area (Å²) in [6, 6.07) is 16.3. The Morgan fingerprint density at radius 2 is 1.76 bits per heavy atom. The molecule has 33 heavy (non-hydrogen) atoms. The van der Waals surface area contributed by atoms with Crippen LogP contribution in [0.15, 0.2) is 67.0 Å². The summed E-state index contributed by atoms with van der Waals surface area (Å²) in [5.74, 6) is 0.0243. The van der Waals surface area contributed by atoms with Crippen LogP contribution in [0.4, 0.5) is 11.4 Å². The summed E-state index contributed by atoms with van der Waals surface area (Å²) in [4.78, 5) is 25.1. The van der Waals surface area contributed by atoms with E-state index in [2.05, 4.69) is 20.8 Å². The Labute approximate surface area is 194 Å². The van der Waals surface area contributed by atoms with Crippen LogP contribution in [-0.2, 0) is 11.3 Å². The average molecular weight is 465 g/mol. The molecule has 0 unspecified atom stereocenters. The third-order valence-corrected chi connectivity index (χ3v) is 5.15. The highest BCUT2D eigenvalue weighted by Gasteiger charge is 2.21. The molecule has 4 rings (SSSR count). The van der Waals surface area contributed by atoms with Crippen LogP contribution in [0.1, 0.15) is 16.1 Å². The number of rotatable bonds is 7. The number of aryl methyl sites for hydroxylation is 1. The van der Waals surface area contributed by atoms with E-state index in [-0.39, 0.29) is 23.2 Å². The molecule has 0 aliphatic rings. The van der Waals surface area contributed by atoms with Crippen molar-refractivity contribution in [1.82, 2.24) is 19.6 Å². The lowest BCUT2D eigenvalue weighted by Crippen LogP contribution is -2.19. The first-order valence-electron chi connectivity index (χ1n) is 10.0. The van der Waals surface area contributed by atoms with Crippen LogP contribution in [0.25, 0.3) is 5.69 Å². The zero-order valence-corrected chi connectivity index (χ0v) is 18.7. The monoisotopic (exact) mass is 464 g/mol. The molecule has 2 heterocycles. The number of amides is 2. The molecule has 0 atom stereocenters. The number of carbonyl (C=O) groups is 2. The summed E-state index contributed by atoms with van der Waals surface area (Å²) in [5.41, 5.74) is 2.58. The first-order valence-corrected chi connectivity index (χ1v) is 10.4. The molecule has 0 aliphatic carbocycles. The summed E-state index contributed by atoms with van der Waals surface area (Å²) in [6.45, 7) is 1.70. The first kappa shape index (κ1) is 22.1. The van der Waals surface area contributed by atoms with E-state index in [1.807, 2.05) is 30.3 Å². The minimum Gasteiger partial charge on any atom is -0.497 e. The number of aromatic nitrogens is 4. The van der Waals surface area contributed by atoms with E-state index < -0.39 is 5.91 Å². The van der Waals surface area contributed by atoms with Gasteiger partial charge in [0.15, 0.2) is 0 Å². The Morgan fingerprint density at radius 3 is 2.45 bits per heavy atom. The van der Waals surface area contributed by atoms with Crippen molar-refractivity contribution >= 4 is 34.8 Å². The third kappa shape index (κ3) is 5.04. The van der Waals surface area contributed by atoms with E-state index in [0.717, 1.165) is 5.69 Å². The molecule has 0 aliphatic heterocycles. The smallest absolute Gasteiger partial charge is 0.260 e. The number of halogens is 1. The lowest BCUT2D eigenvalue weighted by molar-refractivity contribution is -0.116. The van der Waals surface area contributed by atoms with Crippen molar-refractivity contribution in [3.63, 3.8) is 0 Å². The molecule has 2 aromatic carbocycles. The number of nitrogens with zero attached hydrogens (tertiary/aromatic N) is 4. The highest BCUT2D eigenvalue weighted by molar-refractivity contribution is 6.34. The van der Waals surface area contributed by atoms with Gasteiger partial charge in [0, 0.05) is 11.9 Å². The molecule has 168 valence electrons. The summed E-state index contributed by atoms with van der Waals surface area (Å²) in [7, 11) is 1.58. The molecular weight excluding hydrogens is 444 g/mol. The maximum absolute atomic E-state index is 12.8. The van der Waals surface area contributed by atoms with Gasteiger partial charge >= 0.3 is 0 Å². The predicted octanol–water partition coefficient (Wildman–Crippen LogP) is 3.93. The number of anilines is 2.